The predicted molar refractivity (Wildman–Crippen MR) is 52.6 cm³/mol. The molecule has 1 heterocycles. The molecule has 14 heavy (non-hydrogen) atoms. The number of hydrogen-bond donors (Lipinski definition) is 3. The summed E-state index contributed by atoms with van der Waals surface area (Å²) in [5.74, 6) is -0.645. The van der Waals surface area contributed by atoms with Crippen LogP contribution in [0.4, 0.5) is 0 Å². The molecule has 1 aliphatic rings. The second kappa shape index (κ2) is 3.51. The van der Waals surface area contributed by atoms with Crippen LogP contribution in [0.1, 0.15) is 27.7 Å². The molecule has 82 valence electrons. The highest BCUT2D eigenvalue weighted by Gasteiger charge is 2.52. The summed E-state index contributed by atoms with van der Waals surface area (Å²) < 4.78 is 0. The van der Waals surface area contributed by atoms with Gasteiger partial charge in [0, 0.05) is 0 Å². The molecule has 0 aliphatic carbocycles. The smallest absolute Gasteiger partial charge is 0.226 e. The van der Waals surface area contributed by atoms with Crippen LogP contribution in [0.15, 0.2) is 0 Å². The lowest BCUT2D eigenvalue weighted by Gasteiger charge is -2.35. The van der Waals surface area contributed by atoms with E-state index >= 15 is 0 Å². The van der Waals surface area contributed by atoms with Crippen molar-refractivity contribution in [2.45, 2.75) is 45.4 Å². The lowest BCUT2D eigenvalue weighted by molar-refractivity contribution is -0.123. The van der Waals surface area contributed by atoms with E-state index in [0.717, 1.165) is 0 Å². The minimum Gasteiger partial charge on any atom is -0.390 e. The fourth-order valence-corrected chi connectivity index (χ4v) is 2.06. The topological polar surface area (TPSA) is 69.6 Å². The SMILES string of the molecule is CC(C)C(O)C1(C)NC(=O)C(C)C1O. The van der Waals surface area contributed by atoms with Gasteiger partial charge in [-0.15, -0.1) is 0 Å². The third kappa shape index (κ3) is 1.53. The summed E-state index contributed by atoms with van der Waals surface area (Å²) in [6.45, 7) is 7.07. The molecule has 0 spiro atoms. The van der Waals surface area contributed by atoms with E-state index in [1.165, 1.54) is 0 Å². The Morgan fingerprint density at radius 2 is 2.00 bits per heavy atom. The quantitative estimate of drug-likeness (QED) is 0.584. The molecule has 1 rings (SSSR count). The van der Waals surface area contributed by atoms with Crippen LogP contribution in [0.5, 0.6) is 0 Å². The number of amides is 1. The van der Waals surface area contributed by atoms with Gasteiger partial charge >= 0.3 is 0 Å². The van der Waals surface area contributed by atoms with Crippen LogP contribution in [0.2, 0.25) is 0 Å². The summed E-state index contributed by atoms with van der Waals surface area (Å²) in [6, 6.07) is 0. The number of aliphatic hydroxyl groups excluding tert-OH is 2. The highest BCUT2D eigenvalue weighted by atomic mass is 16.3. The molecule has 4 heteroatoms. The average Bonchev–Trinajstić information content (AvgIpc) is 2.30. The molecule has 0 radical (unpaired) electrons. The van der Waals surface area contributed by atoms with Crippen LogP contribution in [0.3, 0.4) is 0 Å². The average molecular weight is 201 g/mol. The Kier molecular flexibility index (Phi) is 2.88. The van der Waals surface area contributed by atoms with Crippen LogP contribution >= 0.6 is 0 Å². The number of rotatable bonds is 2. The molecule has 0 bridgehead atoms. The zero-order valence-electron chi connectivity index (χ0n) is 9.11. The van der Waals surface area contributed by atoms with Crippen LogP contribution in [-0.2, 0) is 4.79 Å². The Balaban J connectivity index is 2.91. The maximum Gasteiger partial charge on any atom is 0.226 e. The van der Waals surface area contributed by atoms with Crippen LogP contribution < -0.4 is 5.32 Å². The molecule has 3 N–H and O–H groups in total. The lowest BCUT2D eigenvalue weighted by atomic mass is 9.82. The fourth-order valence-electron chi connectivity index (χ4n) is 2.06. The van der Waals surface area contributed by atoms with Crippen molar-refractivity contribution in [3.05, 3.63) is 0 Å². The van der Waals surface area contributed by atoms with Crippen LogP contribution in [0.25, 0.3) is 0 Å². The van der Waals surface area contributed by atoms with E-state index in [1.807, 2.05) is 13.8 Å². The largest absolute Gasteiger partial charge is 0.390 e. The lowest BCUT2D eigenvalue weighted by Crippen LogP contribution is -2.57. The molecule has 1 amide bonds. The van der Waals surface area contributed by atoms with Crippen molar-refractivity contribution in [2.24, 2.45) is 11.8 Å². The van der Waals surface area contributed by atoms with E-state index in [-0.39, 0.29) is 11.8 Å². The zero-order chi connectivity index (χ0) is 11.1. The number of nitrogens with one attached hydrogen (secondary N) is 1. The summed E-state index contributed by atoms with van der Waals surface area (Å²) in [5.41, 5.74) is -0.912. The first-order valence-electron chi connectivity index (χ1n) is 4.99. The van der Waals surface area contributed by atoms with E-state index < -0.39 is 23.7 Å². The van der Waals surface area contributed by atoms with Gasteiger partial charge in [0.05, 0.1) is 23.7 Å². The number of carbonyl (C=O) groups excluding carboxylic acids is 1. The van der Waals surface area contributed by atoms with E-state index in [1.54, 1.807) is 13.8 Å². The van der Waals surface area contributed by atoms with Crippen molar-refractivity contribution in [3.8, 4) is 0 Å². The summed E-state index contributed by atoms with van der Waals surface area (Å²) >= 11 is 0. The first kappa shape index (κ1) is 11.5. The molecule has 1 saturated heterocycles. The highest BCUT2D eigenvalue weighted by molar-refractivity contribution is 5.83. The Hall–Kier alpha value is -0.610. The first-order chi connectivity index (χ1) is 6.30. The van der Waals surface area contributed by atoms with Crippen molar-refractivity contribution in [1.82, 2.24) is 5.32 Å². The third-order valence-electron chi connectivity index (χ3n) is 3.14. The standard InChI is InChI=1S/C10H19NO3/c1-5(2)7(12)10(4)8(13)6(3)9(14)11-10/h5-8,12-13H,1-4H3,(H,11,14). The summed E-state index contributed by atoms with van der Waals surface area (Å²) in [6.07, 6.45) is -1.56. The van der Waals surface area contributed by atoms with Gasteiger partial charge in [0.2, 0.25) is 5.91 Å². The van der Waals surface area contributed by atoms with E-state index in [0.29, 0.717) is 0 Å². The minimum absolute atomic E-state index is 0.000231. The van der Waals surface area contributed by atoms with Crippen molar-refractivity contribution in [2.75, 3.05) is 0 Å². The van der Waals surface area contributed by atoms with Crippen LogP contribution in [0, 0.1) is 11.8 Å². The molecule has 1 aliphatic heterocycles. The van der Waals surface area contributed by atoms with Gasteiger partial charge in [-0.05, 0) is 12.8 Å². The van der Waals surface area contributed by atoms with E-state index in [9.17, 15) is 15.0 Å². The van der Waals surface area contributed by atoms with E-state index in [4.69, 9.17) is 0 Å². The van der Waals surface area contributed by atoms with Gasteiger partial charge in [0.15, 0.2) is 0 Å². The molecular formula is C10H19NO3. The second-order valence-electron chi connectivity index (χ2n) is 4.69. The summed E-state index contributed by atoms with van der Waals surface area (Å²) in [4.78, 5) is 11.3. The monoisotopic (exact) mass is 201 g/mol. The second-order valence-corrected chi connectivity index (χ2v) is 4.69. The van der Waals surface area contributed by atoms with Gasteiger partial charge < -0.3 is 15.5 Å². The fraction of sp³-hybridized carbons (Fsp3) is 0.900. The molecule has 4 atom stereocenters. The molecule has 0 aromatic rings. The number of carbonyl (C=O) groups is 1. The van der Waals surface area contributed by atoms with Gasteiger partial charge in [-0.1, -0.05) is 20.8 Å². The van der Waals surface area contributed by atoms with Gasteiger partial charge in [0.25, 0.3) is 0 Å². The molecule has 4 nitrogen and oxygen atoms in total. The van der Waals surface area contributed by atoms with Gasteiger partial charge in [-0.25, -0.2) is 0 Å². The normalized spacial score (nSPS) is 40.1. The van der Waals surface area contributed by atoms with Crippen molar-refractivity contribution in [1.29, 1.82) is 0 Å². The Labute approximate surface area is 84.3 Å². The van der Waals surface area contributed by atoms with E-state index in [2.05, 4.69) is 5.32 Å². The van der Waals surface area contributed by atoms with Crippen LogP contribution in [-0.4, -0.2) is 33.9 Å². The molecule has 0 saturated carbocycles. The number of hydrogen-bond acceptors (Lipinski definition) is 3. The van der Waals surface area contributed by atoms with Gasteiger partial charge in [-0.2, -0.15) is 0 Å². The molecular weight excluding hydrogens is 182 g/mol. The van der Waals surface area contributed by atoms with Gasteiger partial charge in [-0.3, -0.25) is 4.79 Å². The molecule has 0 aromatic carbocycles. The minimum atomic E-state index is -0.912. The maximum absolute atomic E-state index is 11.3. The highest BCUT2D eigenvalue weighted by Crippen LogP contribution is 2.31. The molecule has 0 aromatic heterocycles. The first-order valence-corrected chi connectivity index (χ1v) is 4.99. The molecule has 1 fully saturated rings. The van der Waals surface area contributed by atoms with Crippen molar-refractivity contribution in [3.63, 3.8) is 0 Å². The van der Waals surface area contributed by atoms with Gasteiger partial charge in [0.1, 0.15) is 0 Å². The Morgan fingerprint density at radius 1 is 1.50 bits per heavy atom. The van der Waals surface area contributed by atoms with Crippen molar-refractivity contribution < 1.29 is 15.0 Å². The summed E-state index contributed by atoms with van der Waals surface area (Å²) in [5, 5.41) is 22.5. The maximum atomic E-state index is 11.3. The summed E-state index contributed by atoms with van der Waals surface area (Å²) in [7, 11) is 0. The third-order valence-corrected chi connectivity index (χ3v) is 3.14. The predicted octanol–water partition coefficient (Wildman–Crippen LogP) is -0.111. The molecule has 4 unspecified atom stereocenters. The zero-order valence-corrected chi connectivity index (χ0v) is 9.11. The van der Waals surface area contributed by atoms with Crippen molar-refractivity contribution >= 4 is 5.91 Å². The Morgan fingerprint density at radius 3 is 2.29 bits per heavy atom. The number of aliphatic hydroxyl groups is 2. The Bertz CT molecular complexity index is 242.